The van der Waals surface area contributed by atoms with E-state index in [1.807, 2.05) is 6.26 Å². The highest BCUT2D eigenvalue weighted by Gasteiger charge is 2.26. The minimum atomic E-state index is -0.0956. The summed E-state index contributed by atoms with van der Waals surface area (Å²) < 4.78 is 7.12. The predicted octanol–water partition coefficient (Wildman–Crippen LogP) is 3.06. The van der Waals surface area contributed by atoms with Crippen molar-refractivity contribution in [1.29, 1.82) is 0 Å². The van der Waals surface area contributed by atoms with Crippen molar-refractivity contribution in [3.8, 4) is 0 Å². The Morgan fingerprint density at radius 3 is 2.60 bits per heavy atom. The molecular weight excluding hydrogens is 515 g/mol. The van der Waals surface area contributed by atoms with Crippen LogP contribution in [0.3, 0.4) is 0 Å². The molecule has 0 bridgehead atoms. The van der Waals surface area contributed by atoms with E-state index in [9.17, 15) is 4.79 Å². The first kappa shape index (κ1) is 27.0. The predicted molar refractivity (Wildman–Crippen MR) is 133 cm³/mol. The van der Waals surface area contributed by atoms with Crippen LogP contribution in [0.15, 0.2) is 10.1 Å². The number of aryl methyl sites for hydroxylation is 1. The molecule has 30 heavy (non-hydrogen) atoms. The second-order valence-corrected chi connectivity index (χ2v) is 8.50. The third-order valence-corrected chi connectivity index (χ3v) is 5.67. The molecular formula is C20H37IN6O2S. The highest BCUT2D eigenvalue weighted by molar-refractivity contribution is 14.0. The van der Waals surface area contributed by atoms with Gasteiger partial charge in [-0.15, -0.1) is 34.2 Å². The summed E-state index contributed by atoms with van der Waals surface area (Å²) >= 11 is 1.64. The van der Waals surface area contributed by atoms with E-state index in [0.29, 0.717) is 5.92 Å². The van der Waals surface area contributed by atoms with E-state index in [1.165, 1.54) is 7.11 Å². The van der Waals surface area contributed by atoms with Crippen LogP contribution in [0.2, 0.25) is 0 Å². The summed E-state index contributed by atoms with van der Waals surface area (Å²) in [5, 5.41) is 13.1. The number of nitrogens with zero attached hydrogens (tertiary/aromatic N) is 5. The van der Waals surface area contributed by atoms with Crippen LogP contribution in [-0.2, 0) is 22.5 Å². The maximum atomic E-state index is 11.7. The number of hydrogen-bond donors (Lipinski definition) is 1. The minimum absolute atomic E-state index is 0. The van der Waals surface area contributed by atoms with Crippen molar-refractivity contribution >= 4 is 47.7 Å². The molecule has 1 aromatic heterocycles. The van der Waals surface area contributed by atoms with Crippen molar-refractivity contribution in [2.45, 2.75) is 58.2 Å². The molecule has 0 atom stereocenters. The van der Waals surface area contributed by atoms with Gasteiger partial charge in [-0.3, -0.25) is 9.79 Å². The first-order chi connectivity index (χ1) is 14.0. The minimum Gasteiger partial charge on any atom is -0.469 e. The van der Waals surface area contributed by atoms with E-state index in [2.05, 4.69) is 45.8 Å². The number of nitrogens with one attached hydrogen (secondary N) is 1. The number of guanidine groups is 1. The van der Waals surface area contributed by atoms with Gasteiger partial charge in [-0.05, 0) is 38.4 Å². The molecule has 1 aliphatic heterocycles. The summed E-state index contributed by atoms with van der Waals surface area (Å²) in [6.45, 7) is 10.7. The van der Waals surface area contributed by atoms with Crippen LogP contribution >= 0.6 is 35.7 Å². The number of hydrogen-bond acceptors (Lipinski definition) is 6. The Morgan fingerprint density at radius 2 is 2.03 bits per heavy atom. The van der Waals surface area contributed by atoms with E-state index in [1.54, 1.807) is 11.8 Å². The van der Waals surface area contributed by atoms with E-state index in [-0.39, 0.29) is 35.9 Å². The Labute approximate surface area is 202 Å². The molecule has 2 heterocycles. The third kappa shape index (κ3) is 7.90. The van der Waals surface area contributed by atoms with Gasteiger partial charge in [0, 0.05) is 39.1 Å². The molecule has 0 unspecified atom stereocenters. The van der Waals surface area contributed by atoms with Crippen molar-refractivity contribution in [1.82, 2.24) is 25.0 Å². The smallest absolute Gasteiger partial charge is 0.308 e. The molecule has 1 aliphatic rings. The van der Waals surface area contributed by atoms with E-state index in [4.69, 9.17) is 9.73 Å². The van der Waals surface area contributed by atoms with Crippen molar-refractivity contribution in [3.05, 3.63) is 5.82 Å². The number of methoxy groups -OCH3 is 1. The first-order valence-electron chi connectivity index (χ1n) is 10.6. The Bertz CT molecular complexity index is 674. The summed E-state index contributed by atoms with van der Waals surface area (Å²) in [4.78, 5) is 18.8. The molecule has 0 aliphatic carbocycles. The number of piperidine rings is 1. The zero-order valence-corrected chi connectivity index (χ0v) is 22.0. The highest BCUT2D eigenvalue weighted by atomic mass is 127. The fourth-order valence-electron chi connectivity index (χ4n) is 3.55. The molecule has 1 fully saturated rings. The molecule has 0 aromatic carbocycles. The number of rotatable bonds is 9. The average Bonchev–Trinajstić information content (AvgIpc) is 3.10. The molecule has 0 radical (unpaired) electrons. The standard InChI is InChI=1S/C20H36N6O2S.HI/c1-6-21-19(25-12-9-16(10-13-25)18(27)28-4)22-11-7-8-17-23-24-20(29-5)26(17)14-15(2)3;/h15-16H,6-14H2,1-5H3,(H,21,22);1H. The van der Waals surface area contributed by atoms with Gasteiger partial charge < -0.3 is 19.5 Å². The maximum absolute atomic E-state index is 11.7. The van der Waals surface area contributed by atoms with Gasteiger partial charge in [0.25, 0.3) is 0 Å². The molecule has 0 saturated carbocycles. The number of aliphatic imine (C=N–C) groups is 1. The summed E-state index contributed by atoms with van der Waals surface area (Å²) in [5.41, 5.74) is 0. The Hall–Kier alpha value is -1.04. The van der Waals surface area contributed by atoms with E-state index >= 15 is 0 Å². The molecule has 2 rings (SSSR count). The van der Waals surface area contributed by atoms with Crippen LogP contribution in [0, 0.1) is 11.8 Å². The molecule has 1 saturated heterocycles. The second kappa shape index (κ2) is 14.1. The monoisotopic (exact) mass is 552 g/mol. The second-order valence-electron chi connectivity index (χ2n) is 7.73. The number of thioether (sulfide) groups is 1. The van der Waals surface area contributed by atoms with Crippen molar-refractivity contribution < 1.29 is 9.53 Å². The Kier molecular flexibility index (Phi) is 12.7. The van der Waals surface area contributed by atoms with Crippen LogP contribution in [0.1, 0.15) is 45.9 Å². The van der Waals surface area contributed by atoms with Gasteiger partial charge in [0.1, 0.15) is 5.82 Å². The van der Waals surface area contributed by atoms with Crippen LogP contribution in [0.5, 0.6) is 0 Å². The summed E-state index contributed by atoms with van der Waals surface area (Å²) in [5.74, 6) is 2.45. The maximum Gasteiger partial charge on any atom is 0.308 e. The number of carbonyl (C=O) groups is 1. The molecule has 0 amide bonds. The summed E-state index contributed by atoms with van der Waals surface area (Å²) in [6, 6.07) is 0. The highest BCUT2D eigenvalue weighted by Crippen LogP contribution is 2.19. The molecule has 8 nitrogen and oxygen atoms in total. The fourth-order valence-corrected chi connectivity index (χ4v) is 4.07. The lowest BCUT2D eigenvalue weighted by atomic mass is 9.97. The van der Waals surface area contributed by atoms with E-state index in [0.717, 1.165) is 75.3 Å². The van der Waals surface area contributed by atoms with Gasteiger partial charge in [0.2, 0.25) is 0 Å². The first-order valence-corrected chi connectivity index (χ1v) is 11.8. The zero-order chi connectivity index (χ0) is 21.2. The number of likely N-dealkylation sites (tertiary alicyclic amines) is 1. The topological polar surface area (TPSA) is 84.6 Å². The Balaban J connectivity index is 0.00000450. The third-order valence-electron chi connectivity index (χ3n) is 5.01. The van der Waals surface area contributed by atoms with Gasteiger partial charge in [-0.2, -0.15) is 0 Å². The lowest BCUT2D eigenvalue weighted by Gasteiger charge is -2.33. The molecule has 1 aromatic rings. The summed E-state index contributed by atoms with van der Waals surface area (Å²) in [7, 11) is 1.46. The average molecular weight is 553 g/mol. The van der Waals surface area contributed by atoms with Crippen LogP contribution in [0.4, 0.5) is 0 Å². The van der Waals surface area contributed by atoms with Gasteiger partial charge in [-0.1, -0.05) is 25.6 Å². The number of aromatic nitrogens is 3. The van der Waals surface area contributed by atoms with Gasteiger partial charge in [-0.25, -0.2) is 0 Å². The SMILES string of the molecule is CCNC(=NCCCc1nnc(SC)n1CC(C)C)N1CCC(C(=O)OC)CC1.I. The van der Waals surface area contributed by atoms with E-state index < -0.39 is 0 Å². The molecule has 172 valence electrons. The normalized spacial score (nSPS) is 15.3. The molecule has 10 heteroatoms. The van der Waals surface area contributed by atoms with Crippen LogP contribution in [-0.4, -0.2) is 71.1 Å². The van der Waals surface area contributed by atoms with Crippen LogP contribution in [0.25, 0.3) is 0 Å². The quantitative estimate of drug-likeness (QED) is 0.126. The fraction of sp³-hybridized carbons (Fsp3) is 0.800. The van der Waals surface area contributed by atoms with Gasteiger partial charge in [0.05, 0.1) is 13.0 Å². The number of esters is 1. The summed E-state index contributed by atoms with van der Waals surface area (Å²) in [6.07, 6.45) is 5.46. The van der Waals surface area contributed by atoms with Crippen molar-refractivity contribution in [2.75, 3.05) is 39.5 Å². The lowest BCUT2D eigenvalue weighted by Crippen LogP contribution is -2.46. The molecule has 0 spiro atoms. The van der Waals surface area contributed by atoms with Gasteiger partial charge >= 0.3 is 5.97 Å². The van der Waals surface area contributed by atoms with Crippen LogP contribution < -0.4 is 5.32 Å². The van der Waals surface area contributed by atoms with Gasteiger partial charge in [0.15, 0.2) is 11.1 Å². The molecule has 1 N–H and O–H groups in total. The van der Waals surface area contributed by atoms with Crippen molar-refractivity contribution in [3.63, 3.8) is 0 Å². The zero-order valence-electron chi connectivity index (χ0n) is 18.9. The Morgan fingerprint density at radius 1 is 1.33 bits per heavy atom. The largest absolute Gasteiger partial charge is 0.469 e. The number of carbonyl (C=O) groups excluding carboxylic acids is 1. The number of halogens is 1. The van der Waals surface area contributed by atoms with Crippen molar-refractivity contribution in [2.24, 2.45) is 16.8 Å². The number of ether oxygens (including phenoxy) is 1. The lowest BCUT2D eigenvalue weighted by molar-refractivity contribution is -0.146.